The molecule has 0 N–H and O–H groups in total. The van der Waals surface area contributed by atoms with Crippen molar-refractivity contribution in [3.8, 4) is 0 Å². The summed E-state index contributed by atoms with van der Waals surface area (Å²) in [6.07, 6.45) is -5.41. The Morgan fingerprint density at radius 3 is 2.25 bits per heavy atom. The van der Waals surface area contributed by atoms with Gasteiger partial charge in [-0.2, -0.15) is 13.2 Å². The van der Waals surface area contributed by atoms with E-state index in [-0.39, 0.29) is 11.8 Å². The number of aldehydes is 1. The van der Waals surface area contributed by atoms with E-state index in [9.17, 15) is 22.8 Å². The molecule has 86 valence electrons. The highest BCUT2D eigenvalue weighted by Gasteiger charge is 2.44. The van der Waals surface area contributed by atoms with E-state index in [0.717, 1.165) is 0 Å². The Morgan fingerprint density at radius 2 is 1.81 bits per heavy atom. The van der Waals surface area contributed by atoms with Gasteiger partial charge in [0.15, 0.2) is 5.78 Å². The second kappa shape index (κ2) is 4.92. The average molecular weight is 230 g/mol. The third-order valence-electron chi connectivity index (χ3n) is 2.10. The first-order valence-electron chi connectivity index (χ1n) is 4.56. The summed E-state index contributed by atoms with van der Waals surface area (Å²) >= 11 is 0. The molecule has 0 heterocycles. The fourth-order valence-electron chi connectivity index (χ4n) is 1.29. The first kappa shape index (κ1) is 12.4. The van der Waals surface area contributed by atoms with Gasteiger partial charge < -0.3 is 4.79 Å². The molecule has 1 unspecified atom stereocenters. The third-order valence-corrected chi connectivity index (χ3v) is 2.10. The number of halogens is 3. The minimum atomic E-state index is -4.69. The van der Waals surface area contributed by atoms with Crippen LogP contribution in [0, 0.1) is 5.92 Å². The molecule has 2 nitrogen and oxygen atoms in total. The Bertz CT molecular complexity index is 371. The Labute approximate surface area is 90.1 Å². The largest absolute Gasteiger partial charge is 0.399 e. The number of rotatable bonds is 4. The monoisotopic (exact) mass is 230 g/mol. The molecule has 0 aromatic heterocycles. The van der Waals surface area contributed by atoms with E-state index in [1.807, 2.05) is 0 Å². The summed E-state index contributed by atoms with van der Waals surface area (Å²) in [5.74, 6) is -3.31. The highest BCUT2D eigenvalue weighted by Crippen LogP contribution is 2.31. The van der Waals surface area contributed by atoms with Crippen LogP contribution >= 0.6 is 0 Å². The zero-order chi connectivity index (χ0) is 12.2. The third kappa shape index (κ3) is 2.92. The van der Waals surface area contributed by atoms with E-state index in [1.165, 1.54) is 24.3 Å². The lowest BCUT2D eigenvalue weighted by Crippen LogP contribution is -2.31. The zero-order valence-electron chi connectivity index (χ0n) is 8.20. The number of carbonyl (C=O) groups excluding carboxylic acids is 2. The van der Waals surface area contributed by atoms with E-state index in [1.54, 1.807) is 6.07 Å². The minimum Gasteiger partial charge on any atom is -0.303 e. The predicted octanol–water partition coefficient (Wildman–Crippen LogP) is 2.64. The molecular weight excluding hydrogens is 221 g/mol. The first-order chi connectivity index (χ1) is 7.46. The van der Waals surface area contributed by atoms with Crippen LogP contribution in [0.4, 0.5) is 13.2 Å². The quantitative estimate of drug-likeness (QED) is 0.588. The number of alkyl halides is 3. The molecule has 1 aromatic rings. The maximum Gasteiger partial charge on any atom is 0.399 e. The number of ketones is 1. The Kier molecular flexibility index (Phi) is 3.82. The molecular formula is C11H9F3O2. The molecule has 1 atom stereocenters. The van der Waals surface area contributed by atoms with Crippen LogP contribution in [0.5, 0.6) is 0 Å². The minimum absolute atomic E-state index is 0.0355. The molecule has 0 aliphatic rings. The topological polar surface area (TPSA) is 34.1 Å². The lowest BCUT2D eigenvalue weighted by atomic mass is 9.94. The zero-order valence-corrected chi connectivity index (χ0v) is 8.20. The fourth-order valence-corrected chi connectivity index (χ4v) is 1.29. The van der Waals surface area contributed by atoms with Crippen molar-refractivity contribution >= 4 is 12.1 Å². The highest BCUT2D eigenvalue weighted by atomic mass is 19.4. The summed E-state index contributed by atoms with van der Waals surface area (Å²) in [6, 6.07) is 7.14. The van der Waals surface area contributed by atoms with Gasteiger partial charge in [0.25, 0.3) is 0 Å². The van der Waals surface area contributed by atoms with E-state index >= 15 is 0 Å². The molecule has 5 heteroatoms. The van der Waals surface area contributed by atoms with Crippen molar-refractivity contribution < 1.29 is 22.8 Å². The van der Waals surface area contributed by atoms with Gasteiger partial charge in [0, 0.05) is 12.0 Å². The number of hydrogen-bond acceptors (Lipinski definition) is 2. The first-order valence-corrected chi connectivity index (χ1v) is 4.56. The molecule has 0 aliphatic heterocycles. The molecule has 1 rings (SSSR count). The second-order valence-electron chi connectivity index (χ2n) is 3.23. The van der Waals surface area contributed by atoms with Gasteiger partial charge in [-0.05, 0) is 0 Å². The summed E-state index contributed by atoms with van der Waals surface area (Å²) in [7, 11) is 0. The Balaban J connectivity index is 2.97. The van der Waals surface area contributed by atoms with Crippen LogP contribution in [-0.4, -0.2) is 18.2 Å². The maximum atomic E-state index is 12.5. The van der Waals surface area contributed by atoms with Gasteiger partial charge in [0.05, 0.1) is 0 Å². The Hall–Kier alpha value is -1.65. The van der Waals surface area contributed by atoms with E-state index < -0.39 is 24.3 Å². The molecule has 1 aromatic carbocycles. The van der Waals surface area contributed by atoms with Gasteiger partial charge >= 0.3 is 6.18 Å². The standard InChI is InChI=1S/C11H9F3O2/c12-11(13,14)9(6-7-15)10(16)8-4-2-1-3-5-8/h1-5,7,9H,6H2. The second-order valence-corrected chi connectivity index (χ2v) is 3.23. The number of Topliss-reactive ketones (excluding diaryl/α,β-unsaturated/α-hetero) is 1. The van der Waals surface area contributed by atoms with Crippen LogP contribution in [0.3, 0.4) is 0 Å². The molecule has 0 bridgehead atoms. The van der Waals surface area contributed by atoms with Gasteiger partial charge in [0.2, 0.25) is 0 Å². The molecule has 0 radical (unpaired) electrons. The van der Waals surface area contributed by atoms with Crippen molar-refractivity contribution in [1.82, 2.24) is 0 Å². The van der Waals surface area contributed by atoms with Crippen LogP contribution < -0.4 is 0 Å². The van der Waals surface area contributed by atoms with Gasteiger partial charge in [-0.15, -0.1) is 0 Å². The van der Waals surface area contributed by atoms with Crippen LogP contribution in [0.25, 0.3) is 0 Å². The molecule has 0 saturated heterocycles. The smallest absolute Gasteiger partial charge is 0.303 e. The summed E-state index contributed by atoms with van der Waals surface area (Å²) in [5.41, 5.74) is -0.0355. The van der Waals surface area contributed by atoms with Gasteiger partial charge in [0.1, 0.15) is 12.2 Å². The fraction of sp³-hybridized carbons (Fsp3) is 0.273. The van der Waals surface area contributed by atoms with Crippen molar-refractivity contribution in [1.29, 1.82) is 0 Å². The lowest BCUT2D eigenvalue weighted by Gasteiger charge is -2.16. The summed E-state index contributed by atoms with van der Waals surface area (Å²) in [5, 5.41) is 0. The van der Waals surface area contributed by atoms with Gasteiger partial charge in [-0.25, -0.2) is 0 Å². The number of hydrogen-bond donors (Lipinski definition) is 0. The number of carbonyl (C=O) groups is 2. The van der Waals surface area contributed by atoms with E-state index in [2.05, 4.69) is 0 Å². The average Bonchev–Trinajstić information content (AvgIpc) is 2.25. The molecule has 0 saturated carbocycles. The van der Waals surface area contributed by atoms with Crippen molar-refractivity contribution in [3.63, 3.8) is 0 Å². The van der Waals surface area contributed by atoms with Crippen molar-refractivity contribution in [2.45, 2.75) is 12.6 Å². The van der Waals surface area contributed by atoms with E-state index in [4.69, 9.17) is 0 Å². The maximum absolute atomic E-state index is 12.5. The SMILES string of the molecule is O=CCC(C(=O)c1ccccc1)C(F)(F)F. The van der Waals surface area contributed by atoms with Crippen LogP contribution in [0.15, 0.2) is 30.3 Å². The number of benzene rings is 1. The molecule has 0 aliphatic carbocycles. The summed E-state index contributed by atoms with van der Waals surface area (Å²) in [4.78, 5) is 21.6. The highest BCUT2D eigenvalue weighted by molar-refractivity contribution is 5.99. The van der Waals surface area contributed by atoms with Gasteiger partial charge in [-0.3, -0.25) is 4.79 Å². The van der Waals surface area contributed by atoms with Crippen molar-refractivity contribution in [2.24, 2.45) is 5.92 Å². The Morgan fingerprint density at radius 1 is 1.25 bits per heavy atom. The van der Waals surface area contributed by atoms with E-state index in [0.29, 0.717) is 0 Å². The molecule has 0 amide bonds. The lowest BCUT2D eigenvalue weighted by molar-refractivity contribution is -0.163. The molecule has 0 fully saturated rings. The van der Waals surface area contributed by atoms with Crippen LogP contribution in [-0.2, 0) is 4.79 Å². The van der Waals surface area contributed by atoms with Crippen molar-refractivity contribution in [2.75, 3.05) is 0 Å². The summed E-state index contributed by atoms with van der Waals surface area (Å²) in [6.45, 7) is 0. The van der Waals surface area contributed by atoms with Crippen molar-refractivity contribution in [3.05, 3.63) is 35.9 Å². The predicted molar refractivity (Wildman–Crippen MR) is 51.0 cm³/mol. The van der Waals surface area contributed by atoms with Crippen LogP contribution in [0.1, 0.15) is 16.8 Å². The molecule has 16 heavy (non-hydrogen) atoms. The normalized spacial score (nSPS) is 13.2. The molecule has 0 spiro atoms. The van der Waals surface area contributed by atoms with Gasteiger partial charge in [-0.1, -0.05) is 30.3 Å². The summed E-state index contributed by atoms with van der Waals surface area (Å²) < 4.78 is 37.4. The van der Waals surface area contributed by atoms with Crippen LogP contribution in [0.2, 0.25) is 0 Å².